The summed E-state index contributed by atoms with van der Waals surface area (Å²) in [5.74, 6) is 0.773. The van der Waals surface area contributed by atoms with Crippen LogP contribution in [0.3, 0.4) is 0 Å². The first kappa shape index (κ1) is 18.4. The number of aromatic nitrogens is 3. The van der Waals surface area contributed by atoms with Crippen molar-refractivity contribution in [1.29, 1.82) is 5.26 Å². The van der Waals surface area contributed by atoms with Gasteiger partial charge in [-0.05, 0) is 43.7 Å². The van der Waals surface area contributed by atoms with Crippen LogP contribution < -0.4 is 14.9 Å². The molecule has 0 radical (unpaired) electrons. The van der Waals surface area contributed by atoms with Crippen LogP contribution in [0.1, 0.15) is 18.1 Å². The van der Waals surface area contributed by atoms with Crippen molar-refractivity contribution in [2.75, 3.05) is 16.2 Å². The van der Waals surface area contributed by atoms with E-state index in [1.807, 2.05) is 26.0 Å². The number of fused-ring (bicyclic) bond motifs is 1. The van der Waals surface area contributed by atoms with Gasteiger partial charge in [-0.15, -0.1) is 0 Å². The van der Waals surface area contributed by atoms with E-state index in [-0.39, 0.29) is 6.03 Å². The topological polar surface area (TPSA) is 107 Å². The van der Waals surface area contributed by atoms with Crippen LogP contribution in [0.4, 0.5) is 22.1 Å². The first-order chi connectivity index (χ1) is 13.0. The average molecular weight is 379 g/mol. The Balaban J connectivity index is 1.94. The van der Waals surface area contributed by atoms with E-state index >= 15 is 0 Å². The molecule has 27 heavy (non-hydrogen) atoms. The number of hydrogen-bond donors (Lipinski definition) is 3. The molecule has 0 aliphatic carbocycles. The first-order valence-corrected chi connectivity index (χ1v) is 8.60. The lowest BCUT2D eigenvalue weighted by atomic mass is 10.1. The van der Waals surface area contributed by atoms with E-state index in [1.165, 1.54) is 0 Å². The number of thiol groups is 1. The highest BCUT2D eigenvalue weighted by molar-refractivity contribution is 7.82. The Morgan fingerprint density at radius 1 is 1.30 bits per heavy atom. The molecule has 9 heteroatoms. The van der Waals surface area contributed by atoms with Gasteiger partial charge in [-0.25, -0.2) is 24.1 Å². The Morgan fingerprint density at radius 3 is 2.85 bits per heavy atom. The highest BCUT2D eigenvalue weighted by Gasteiger charge is 2.14. The molecule has 0 spiro atoms. The van der Waals surface area contributed by atoms with Crippen molar-refractivity contribution in [2.24, 2.45) is 0 Å². The molecule has 2 aromatic heterocycles. The van der Waals surface area contributed by atoms with Crippen LogP contribution in [0.25, 0.3) is 11.2 Å². The molecule has 3 rings (SSSR count). The number of amides is 2. The summed E-state index contributed by atoms with van der Waals surface area (Å²) in [7, 11) is 0. The number of carbonyl (C=O) groups excluding carboxylic acids is 1. The van der Waals surface area contributed by atoms with Gasteiger partial charge in [-0.2, -0.15) is 5.26 Å². The number of urea groups is 1. The van der Waals surface area contributed by atoms with E-state index in [4.69, 9.17) is 0 Å². The Hall–Kier alpha value is -3.38. The number of pyridine rings is 1. The van der Waals surface area contributed by atoms with Crippen LogP contribution in [0.2, 0.25) is 0 Å². The molecule has 1 aromatic carbocycles. The zero-order valence-electron chi connectivity index (χ0n) is 14.8. The molecule has 2 heterocycles. The predicted molar refractivity (Wildman–Crippen MR) is 107 cm³/mol. The Morgan fingerprint density at radius 2 is 2.11 bits per heavy atom. The van der Waals surface area contributed by atoms with Gasteiger partial charge < -0.3 is 10.6 Å². The fraction of sp³-hybridized carbons (Fsp3) is 0.167. The van der Waals surface area contributed by atoms with Gasteiger partial charge in [-0.1, -0.05) is 18.9 Å². The Bertz CT molecular complexity index is 1050. The molecule has 0 unspecified atom stereocenters. The molecule has 0 atom stereocenters. The molecule has 136 valence electrons. The van der Waals surface area contributed by atoms with E-state index in [9.17, 15) is 10.1 Å². The Kier molecular flexibility index (Phi) is 5.38. The predicted octanol–water partition coefficient (Wildman–Crippen LogP) is 3.33. The maximum atomic E-state index is 11.9. The van der Waals surface area contributed by atoms with Crippen LogP contribution in [0.15, 0.2) is 36.5 Å². The summed E-state index contributed by atoms with van der Waals surface area (Å²) in [6.45, 7) is 4.24. The summed E-state index contributed by atoms with van der Waals surface area (Å²) in [6.07, 6.45) is 1.56. The second-order valence-corrected chi connectivity index (χ2v) is 6.10. The van der Waals surface area contributed by atoms with Crippen LogP contribution in [-0.4, -0.2) is 27.5 Å². The highest BCUT2D eigenvalue weighted by Crippen LogP contribution is 2.23. The summed E-state index contributed by atoms with van der Waals surface area (Å²) < 4.78 is 1.11. The average Bonchev–Trinajstić information content (AvgIpc) is 2.67. The molecule has 0 bridgehead atoms. The lowest BCUT2D eigenvalue weighted by Crippen LogP contribution is -2.34. The van der Waals surface area contributed by atoms with Crippen molar-refractivity contribution in [2.45, 2.75) is 13.8 Å². The molecule has 0 aliphatic heterocycles. The number of carbonyl (C=O) groups is 1. The van der Waals surface area contributed by atoms with Gasteiger partial charge in [0.1, 0.15) is 17.4 Å². The van der Waals surface area contributed by atoms with Crippen LogP contribution in [-0.2, 0) is 0 Å². The van der Waals surface area contributed by atoms with Crippen molar-refractivity contribution in [3.63, 3.8) is 0 Å². The van der Waals surface area contributed by atoms with Gasteiger partial charge in [0, 0.05) is 6.54 Å². The molecule has 0 saturated carbocycles. The smallest absolute Gasteiger partial charge is 0.333 e. The van der Waals surface area contributed by atoms with Crippen LogP contribution in [0, 0.1) is 18.3 Å². The number of benzene rings is 1. The van der Waals surface area contributed by atoms with E-state index in [0.29, 0.717) is 40.6 Å². The molecule has 0 saturated heterocycles. The number of aryl methyl sites for hydroxylation is 1. The fourth-order valence-corrected chi connectivity index (χ4v) is 2.58. The number of anilines is 3. The van der Waals surface area contributed by atoms with Gasteiger partial charge in [0.05, 0.1) is 17.4 Å². The van der Waals surface area contributed by atoms with Crippen molar-refractivity contribution >= 4 is 47.3 Å². The second-order valence-electron chi connectivity index (χ2n) is 5.70. The summed E-state index contributed by atoms with van der Waals surface area (Å²) >= 11 is 4.18. The highest BCUT2D eigenvalue weighted by atomic mass is 32.1. The molecular formula is C18H17N7OS. The third-order valence-electron chi connectivity index (χ3n) is 3.69. The number of nitriles is 1. The minimum absolute atomic E-state index is 0.330. The van der Waals surface area contributed by atoms with Gasteiger partial charge in [-0.3, -0.25) is 0 Å². The van der Waals surface area contributed by atoms with Crippen LogP contribution >= 0.6 is 12.8 Å². The number of hydrogen-bond acceptors (Lipinski definition) is 7. The molecule has 3 aromatic rings. The number of rotatable bonds is 4. The minimum atomic E-state index is -0.381. The zero-order chi connectivity index (χ0) is 19.4. The van der Waals surface area contributed by atoms with E-state index in [2.05, 4.69) is 44.5 Å². The van der Waals surface area contributed by atoms with Gasteiger partial charge in [0.25, 0.3) is 0 Å². The molecular weight excluding hydrogens is 362 g/mol. The van der Waals surface area contributed by atoms with Crippen molar-refractivity contribution in [3.8, 4) is 6.07 Å². The molecule has 2 amide bonds. The summed E-state index contributed by atoms with van der Waals surface area (Å²) in [5, 5.41) is 15.0. The molecule has 0 fully saturated rings. The second kappa shape index (κ2) is 7.88. The summed E-state index contributed by atoms with van der Waals surface area (Å²) in [6, 6.07) is 10.6. The first-order valence-electron chi connectivity index (χ1n) is 8.20. The van der Waals surface area contributed by atoms with E-state index in [1.54, 1.807) is 24.4 Å². The van der Waals surface area contributed by atoms with Crippen molar-refractivity contribution in [3.05, 3.63) is 47.7 Å². The van der Waals surface area contributed by atoms with Crippen molar-refractivity contribution in [1.82, 2.24) is 20.3 Å². The summed E-state index contributed by atoms with van der Waals surface area (Å²) in [5.41, 5.74) is 3.08. The van der Waals surface area contributed by atoms with Gasteiger partial charge in [0.2, 0.25) is 0 Å². The quantitative estimate of drug-likeness (QED) is 0.600. The largest absolute Gasteiger partial charge is 0.338 e. The van der Waals surface area contributed by atoms with Gasteiger partial charge >= 0.3 is 6.03 Å². The van der Waals surface area contributed by atoms with E-state index < -0.39 is 0 Å². The standard InChI is InChI=1S/C18H17N7OS/c1-3-20-18(26)25(27)16-7-6-13-17(24-16)23-15(10-21-13)22-14-8-11(2)4-5-12(14)9-19/h4-8,10,27H,3H2,1-2H3,(H,20,26)(H,22,23,24). The molecule has 8 nitrogen and oxygen atoms in total. The van der Waals surface area contributed by atoms with Gasteiger partial charge in [0.15, 0.2) is 11.5 Å². The lowest BCUT2D eigenvalue weighted by molar-refractivity contribution is 0.250. The maximum absolute atomic E-state index is 11.9. The van der Waals surface area contributed by atoms with Crippen LogP contribution in [0.5, 0.6) is 0 Å². The molecule has 2 N–H and O–H groups in total. The summed E-state index contributed by atoms with van der Waals surface area (Å²) in [4.78, 5) is 25.0. The SMILES string of the molecule is CCNC(=O)N(S)c1ccc2ncc(Nc3cc(C)ccc3C#N)nc2n1. The van der Waals surface area contributed by atoms with E-state index in [0.717, 1.165) is 9.87 Å². The third kappa shape index (κ3) is 4.07. The Labute approximate surface area is 161 Å². The zero-order valence-corrected chi connectivity index (χ0v) is 15.7. The van der Waals surface area contributed by atoms with Crippen molar-refractivity contribution < 1.29 is 4.79 Å². The minimum Gasteiger partial charge on any atom is -0.338 e. The monoisotopic (exact) mass is 379 g/mol. The molecule has 0 aliphatic rings. The normalized spacial score (nSPS) is 10.3. The fourth-order valence-electron chi connectivity index (χ4n) is 2.39. The number of nitrogens with zero attached hydrogens (tertiary/aromatic N) is 5. The maximum Gasteiger partial charge on any atom is 0.333 e. The number of nitrogens with one attached hydrogen (secondary N) is 2. The third-order valence-corrected chi connectivity index (χ3v) is 4.07. The lowest BCUT2D eigenvalue weighted by Gasteiger charge is -2.15.